The predicted molar refractivity (Wildman–Crippen MR) is 98.2 cm³/mol. The van der Waals surface area contributed by atoms with E-state index in [1.807, 2.05) is 19.1 Å². The van der Waals surface area contributed by atoms with E-state index >= 15 is 0 Å². The van der Waals surface area contributed by atoms with E-state index in [1.54, 1.807) is 25.3 Å². The average Bonchev–Trinajstić information content (AvgIpc) is 3.06. The van der Waals surface area contributed by atoms with Crippen LogP contribution in [0.4, 0.5) is 0 Å². The van der Waals surface area contributed by atoms with E-state index in [0.29, 0.717) is 12.2 Å². The molecule has 5 nitrogen and oxygen atoms in total. The van der Waals surface area contributed by atoms with E-state index < -0.39 is 0 Å². The molecule has 3 atom stereocenters. The third kappa shape index (κ3) is 3.70. The standard InChI is InChI=1S/C21H26O5/c1-13-3-4-14(8-20(13)25-2)7-17-12-26-21(18(17)11-23)15-5-6-19(24)16(9-15)10-22/h3-6,8-9,17-18,21-24H,7,10-12H2,1-2H3/t17-,18-,21+/m0/s1. The number of hydrogen-bond donors (Lipinski definition) is 3. The van der Waals surface area contributed by atoms with Crippen LogP contribution in [0.25, 0.3) is 0 Å². The summed E-state index contributed by atoms with van der Waals surface area (Å²) < 4.78 is 11.4. The van der Waals surface area contributed by atoms with Gasteiger partial charge in [-0.05, 0) is 54.2 Å². The normalized spacial score (nSPS) is 22.5. The van der Waals surface area contributed by atoms with Gasteiger partial charge < -0.3 is 24.8 Å². The smallest absolute Gasteiger partial charge is 0.122 e. The van der Waals surface area contributed by atoms with Gasteiger partial charge in [-0.3, -0.25) is 0 Å². The van der Waals surface area contributed by atoms with Crippen molar-refractivity contribution in [2.75, 3.05) is 20.3 Å². The van der Waals surface area contributed by atoms with E-state index in [-0.39, 0.29) is 36.9 Å². The van der Waals surface area contributed by atoms with E-state index in [9.17, 15) is 15.3 Å². The fourth-order valence-electron chi connectivity index (χ4n) is 3.72. The van der Waals surface area contributed by atoms with Gasteiger partial charge in [-0.2, -0.15) is 0 Å². The van der Waals surface area contributed by atoms with Crippen LogP contribution in [0.2, 0.25) is 0 Å². The minimum atomic E-state index is -0.247. The first-order chi connectivity index (χ1) is 12.6. The highest BCUT2D eigenvalue weighted by Crippen LogP contribution is 2.41. The van der Waals surface area contributed by atoms with E-state index in [1.165, 1.54) is 0 Å². The Kier molecular flexibility index (Phi) is 5.81. The van der Waals surface area contributed by atoms with Crippen molar-refractivity contribution in [3.8, 4) is 11.5 Å². The zero-order chi connectivity index (χ0) is 18.7. The number of aromatic hydroxyl groups is 1. The number of hydrogen-bond acceptors (Lipinski definition) is 5. The number of rotatable bonds is 6. The topological polar surface area (TPSA) is 79.2 Å². The lowest BCUT2D eigenvalue weighted by Gasteiger charge is -2.22. The Labute approximate surface area is 153 Å². The summed E-state index contributed by atoms with van der Waals surface area (Å²) in [5.74, 6) is 1.07. The van der Waals surface area contributed by atoms with Crippen molar-refractivity contribution in [1.29, 1.82) is 0 Å². The van der Waals surface area contributed by atoms with Crippen LogP contribution in [0.1, 0.15) is 28.4 Å². The Hall–Kier alpha value is -2.08. The van der Waals surface area contributed by atoms with Crippen LogP contribution < -0.4 is 4.74 Å². The zero-order valence-electron chi connectivity index (χ0n) is 15.2. The minimum absolute atomic E-state index is 0.0215. The van der Waals surface area contributed by atoms with Gasteiger partial charge in [0.05, 0.1) is 26.4 Å². The second kappa shape index (κ2) is 8.08. The van der Waals surface area contributed by atoms with Gasteiger partial charge in [0.15, 0.2) is 0 Å². The molecule has 5 heteroatoms. The van der Waals surface area contributed by atoms with Gasteiger partial charge in [-0.15, -0.1) is 0 Å². The Morgan fingerprint density at radius 2 is 1.96 bits per heavy atom. The molecule has 2 aromatic carbocycles. The largest absolute Gasteiger partial charge is 0.508 e. The first kappa shape index (κ1) is 18.7. The van der Waals surface area contributed by atoms with Crippen LogP contribution in [0.3, 0.4) is 0 Å². The maximum Gasteiger partial charge on any atom is 0.122 e. The van der Waals surface area contributed by atoms with Gasteiger partial charge in [0.25, 0.3) is 0 Å². The first-order valence-electron chi connectivity index (χ1n) is 8.86. The zero-order valence-corrected chi connectivity index (χ0v) is 15.2. The summed E-state index contributed by atoms with van der Waals surface area (Å²) in [5.41, 5.74) is 3.59. The second-order valence-corrected chi connectivity index (χ2v) is 6.91. The molecule has 0 amide bonds. The highest BCUT2D eigenvalue weighted by Gasteiger charge is 2.37. The van der Waals surface area contributed by atoms with Crippen molar-refractivity contribution >= 4 is 0 Å². The number of benzene rings is 2. The van der Waals surface area contributed by atoms with Crippen molar-refractivity contribution in [1.82, 2.24) is 0 Å². The third-order valence-corrected chi connectivity index (χ3v) is 5.27. The van der Waals surface area contributed by atoms with Crippen molar-refractivity contribution < 1.29 is 24.8 Å². The van der Waals surface area contributed by atoms with Gasteiger partial charge in [-0.25, -0.2) is 0 Å². The molecule has 3 rings (SSSR count). The van der Waals surface area contributed by atoms with Crippen LogP contribution in [-0.4, -0.2) is 35.6 Å². The van der Waals surface area contributed by atoms with Crippen LogP contribution in [0, 0.1) is 18.8 Å². The lowest BCUT2D eigenvalue weighted by atomic mass is 9.84. The highest BCUT2D eigenvalue weighted by atomic mass is 16.5. The Morgan fingerprint density at radius 1 is 1.15 bits per heavy atom. The molecule has 140 valence electrons. The number of aliphatic hydroxyl groups excluding tert-OH is 2. The fourth-order valence-corrected chi connectivity index (χ4v) is 3.72. The summed E-state index contributed by atoms with van der Waals surface area (Å²) >= 11 is 0. The summed E-state index contributed by atoms with van der Waals surface area (Å²) in [4.78, 5) is 0. The molecule has 0 radical (unpaired) electrons. The average molecular weight is 358 g/mol. The fraction of sp³-hybridized carbons (Fsp3) is 0.429. The molecule has 1 heterocycles. The Morgan fingerprint density at radius 3 is 2.65 bits per heavy atom. The number of phenols is 1. The summed E-state index contributed by atoms with van der Waals surface area (Å²) in [7, 11) is 1.67. The van der Waals surface area contributed by atoms with Gasteiger partial charge >= 0.3 is 0 Å². The maximum atomic E-state index is 9.97. The van der Waals surface area contributed by atoms with Crippen LogP contribution in [-0.2, 0) is 17.8 Å². The van der Waals surface area contributed by atoms with E-state index in [4.69, 9.17) is 9.47 Å². The van der Waals surface area contributed by atoms with Gasteiger partial charge in [0.2, 0.25) is 0 Å². The summed E-state index contributed by atoms with van der Waals surface area (Å²) in [6.07, 6.45) is 0.548. The third-order valence-electron chi connectivity index (χ3n) is 5.27. The van der Waals surface area contributed by atoms with E-state index in [0.717, 1.165) is 28.9 Å². The Balaban J connectivity index is 1.79. The maximum absolute atomic E-state index is 9.97. The van der Waals surface area contributed by atoms with Gasteiger partial charge in [-0.1, -0.05) is 18.2 Å². The van der Waals surface area contributed by atoms with Crippen molar-refractivity contribution in [3.63, 3.8) is 0 Å². The molecule has 0 unspecified atom stereocenters. The molecular weight excluding hydrogens is 332 g/mol. The SMILES string of the molecule is COc1cc(C[C@H]2CO[C@H](c3ccc(O)c(CO)c3)[C@H]2CO)ccc1C. The van der Waals surface area contributed by atoms with Crippen molar-refractivity contribution in [2.24, 2.45) is 11.8 Å². The first-order valence-corrected chi connectivity index (χ1v) is 8.86. The lowest BCUT2D eigenvalue weighted by molar-refractivity contribution is 0.0717. The van der Waals surface area contributed by atoms with Gasteiger partial charge in [0, 0.05) is 18.1 Å². The number of aliphatic hydroxyl groups is 2. The molecule has 1 fully saturated rings. The molecule has 1 saturated heterocycles. The number of aryl methyl sites for hydroxylation is 1. The summed E-state index contributed by atoms with van der Waals surface area (Å²) in [6.45, 7) is 2.36. The molecule has 1 aliphatic heterocycles. The van der Waals surface area contributed by atoms with Crippen molar-refractivity contribution in [2.45, 2.75) is 26.1 Å². The second-order valence-electron chi connectivity index (χ2n) is 6.91. The number of ether oxygens (including phenoxy) is 2. The summed E-state index contributed by atoms with van der Waals surface area (Å²) in [6, 6.07) is 11.3. The Bertz CT molecular complexity index is 758. The molecule has 26 heavy (non-hydrogen) atoms. The lowest BCUT2D eigenvalue weighted by Crippen LogP contribution is -2.21. The molecule has 0 aliphatic carbocycles. The molecule has 0 bridgehead atoms. The predicted octanol–water partition coefficient (Wildman–Crippen LogP) is 2.74. The molecule has 2 aromatic rings. The van der Waals surface area contributed by atoms with E-state index in [2.05, 4.69) is 6.07 Å². The minimum Gasteiger partial charge on any atom is -0.508 e. The molecule has 0 spiro atoms. The quantitative estimate of drug-likeness (QED) is 0.740. The molecule has 1 aliphatic rings. The van der Waals surface area contributed by atoms with Crippen molar-refractivity contribution in [3.05, 3.63) is 58.7 Å². The highest BCUT2D eigenvalue weighted by molar-refractivity contribution is 5.38. The van der Waals surface area contributed by atoms with Crippen LogP contribution in [0.5, 0.6) is 11.5 Å². The molecule has 0 aromatic heterocycles. The number of methoxy groups -OCH3 is 1. The summed E-state index contributed by atoms with van der Waals surface area (Å²) in [5, 5.41) is 29.1. The monoisotopic (exact) mass is 358 g/mol. The molecule has 0 saturated carbocycles. The van der Waals surface area contributed by atoms with Crippen LogP contribution in [0.15, 0.2) is 36.4 Å². The molecular formula is C21H26O5. The van der Waals surface area contributed by atoms with Crippen LogP contribution >= 0.6 is 0 Å². The molecule has 3 N–H and O–H groups in total. The van der Waals surface area contributed by atoms with Gasteiger partial charge in [0.1, 0.15) is 11.5 Å².